The molecule has 0 aliphatic rings. The molecule has 1 aromatic carbocycles. The van der Waals surface area contributed by atoms with Gasteiger partial charge in [-0.25, -0.2) is 0 Å². The Morgan fingerprint density at radius 1 is 1.54 bits per heavy atom. The molecule has 0 aliphatic heterocycles. The van der Waals surface area contributed by atoms with E-state index in [0.717, 1.165) is 5.56 Å². The molecule has 0 aromatic heterocycles. The summed E-state index contributed by atoms with van der Waals surface area (Å²) in [6.07, 6.45) is 0. The van der Waals surface area contributed by atoms with Crippen LogP contribution in [0.25, 0.3) is 0 Å². The summed E-state index contributed by atoms with van der Waals surface area (Å²) in [7, 11) is 1.75. The van der Waals surface area contributed by atoms with Gasteiger partial charge in [0.1, 0.15) is 0 Å². The van der Waals surface area contributed by atoms with Crippen LogP contribution < -0.4 is 5.32 Å². The molecule has 0 saturated carbocycles. The third-order valence-electron chi connectivity index (χ3n) is 1.91. The average molecular weight is 198 g/mol. The molecule has 0 atom stereocenters. The van der Waals surface area contributed by atoms with Gasteiger partial charge < -0.3 is 5.32 Å². The van der Waals surface area contributed by atoms with E-state index in [-0.39, 0.29) is 5.78 Å². The fourth-order valence-corrected chi connectivity index (χ4v) is 1.34. The maximum absolute atomic E-state index is 11.5. The van der Waals surface area contributed by atoms with Crippen molar-refractivity contribution < 1.29 is 4.79 Å². The molecule has 1 rings (SSSR count). The van der Waals surface area contributed by atoms with E-state index in [9.17, 15) is 4.79 Å². The molecule has 0 radical (unpaired) electrons. The summed E-state index contributed by atoms with van der Waals surface area (Å²) < 4.78 is 0. The molecule has 13 heavy (non-hydrogen) atoms. The smallest absolute Gasteiger partial charge is 0.176 e. The van der Waals surface area contributed by atoms with E-state index in [1.54, 1.807) is 25.2 Å². The predicted molar refractivity (Wildman–Crippen MR) is 54.4 cm³/mol. The molecule has 0 unspecified atom stereocenters. The van der Waals surface area contributed by atoms with E-state index in [4.69, 9.17) is 11.6 Å². The van der Waals surface area contributed by atoms with Gasteiger partial charge in [-0.2, -0.15) is 0 Å². The minimum absolute atomic E-state index is 0.0718. The fourth-order valence-electron chi connectivity index (χ4n) is 1.17. The van der Waals surface area contributed by atoms with Gasteiger partial charge in [0.15, 0.2) is 5.78 Å². The summed E-state index contributed by atoms with van der Waals surface area (Å²) in [4.78, 5) is 11.5. The van der Waals surface area contributed by atoms with Crippen LogP contribution in [-0.2, 0) is 0 Å². The molecule has 0 heterocycles. The van der Waals surface area contributed by atoms with E-state index in [1.807, 2.05) is 6.92 Å². The quantitative estimate of drug-likeness (QED) is 0.752. The molecule has 0 spiro atoms. The van der Waals surface area contributed by atoms with Crippen molar-refractivity contribution in [2.75, 3.05) is 13.6 Å². The number of carbonyl (C=O) groups excluding carboxylic acids is 1. The topological polar surface area (TPSA) is 29.1 Å². The zero-order valence-electron chi connectivity index (χ0n) is 7.73. The summed E-state index contributed by atoms with van der Waals surface area (Å²) in [5.74, 6) is 0.0718. The normalized spacial score (nSPS) is 10.1. The maximum atomic E-state index is 11.5. The summed E-state index contributed by atoms with van der Waals surface area (Å²) >= 11 is 5.89. The van der Waals surface area contributed by atoms with Crippen molar-refractivity contribution in [2.24, 2.45) is 0 Å². The molecule has 0 aliphatic carbocycles. The highest BCUT2D eigenvalue weighted by Gasteiger charge is 2.09. The number of hydrogen-bond acceptors (Lipinski definition) is 2. The summed E-state index contributed by atoms with van der Waals surface area (Å²) in [6, 6.07) is 5.37. The Bertz CT molecular complexity index is 323. The van der Waals surface area contributed by atoms with Gasteiger partial charge in [0, 0.05) is 10.6 Å². The standard InChI is InChI=1S/C10H12ClNO/c1-7-8(10(13)6-12-2)4-3-5-9(7)11/h3-5,12H,6H2,1-2H3. The Hall–Kier alpha value is -0.860. The van der Waals surface area contributed by atoms with E-state index in [2.05, 4.69) is 5.32 Å². The van der Waals surface area contributed by atoms with Gasteiger partial charge in [0.05, 0.1) is 6.54 Å². The Balaban J connectivity index is 3.01. The van der Waals surface area contributed by atoms with Gasteiger partial charge in [-0.1, -0.05) is 23.7 Å². The summed E-state index contributed by atoms with van der Waals surface area (Å²) in [5, 5.41) is 3.46. The van der Waals surface area contributed by atoms with Gasteiger partial charge in [0.25, 0.3) is 0 Å². The maximum Gasteiger partial charge on any atom is 0.176 e. The lowest BCUT2D eigenvalue weighted by atomic mass is 10.1. The number of nitrogens with one attached hydrogen (secondary N) is 1. The lowest BCUT2D eigenvalue weighted by molar-refractivity contribution is 0.0993. The molecule has 0 fully saturated rings. The minimum Gasteiger partial charge on any atom is -0.313 e. The lowest BCUT2D eigenvalue weighted by Crippen LogP contribution is -2.19. The number of Topliss-reactive ketones (excluding diaryl/α,β-unsaturated/α-hetero) is 1. The van der Waals surface area contributed by atoms with E-state index >= 15 is 0 Å². The molecule has 1 N–H and O–H groups in total. The van der Waals surface area contributed by atoms with Crippen LogP contribution in [-0.4, -0.2) is 19.4 Å². The second-order valence-electron chi connectivity index (χ2n) is 2.87. The summed E-state index contributed by atoms with van der Waals surface area (Å²) in [6.45, 7) is 2.20. The van der Waals surface area contributed by atoms with Gasteiger partial charge in [0.2, 0.25) is 0 Å². The zero-order valence-corrected chi connectivity index (χ0v) is 8.48. The van der Waals surface area contributed by atoms with Crippen molar-refractivity contribution in [1.82, 2.24) is 5.32 Å². The SMILES string of the molecule is CNCC(=O)c1cccc(Cl)c1C. The fraction of sp³-hybridized carbons (Fsp3) is 0.300. The first-order valence-electron chi connectivity index (χ1n) is 4.09. The van der Waals surface area contributed by atoms with Crippen molar-refractivity contribution in [2.45, 2.75) is 6.92 Å². The number of ketones is 1. The number of rotatable bonds is 3. The van der Waals surface area contributed by atoms with Crippen molar-refractivity contribution in [3.05, 3.63) is 34.3 Å². The van der Waals surface area contributed by atoms with Gasteiger partial charge >= 0.3 is 0 Å². The number of hydrogen-bond donors (Lipinski definition) is 1. The molecule has 0 amide bonds. The molecule has 70 valence electrons. The van der Waals surface area contributed by atoms with Crippen LogP contribution in [0.5, 0.6) is 0 Å². The van der Waals surface area contributed by atoms with Crippen molar-refractivity contribution in [3.8, 4) is 0 Å². The molecule has 2 nitrogen and oxygen atoms in total. The largest absolute Gasteiger partial charge is 0.313 e. The van der Waals surface area contributed by atoms with Crippen LogP contribution in [0.15, 0.2) is 18.2 Å². The van der Waals surface area contributed by atoms with Crippen LogP contribution in [0, 0.1) is 6.92 Å². The molecule has 1 aromatic rings. The van der Waals surface area contributed by atoms with Crippen LogP contribution in [0.4, 0.5) is 0 Å². The Morgan fingerprint density at radius 3 is 2.85 bits per heavy atom. The van der Waals surface area contributed by atoms with Crippen molar-refractivity contribution >= 4 is 17.4 Å². The first-order valence-corrected chi connectivity index (χ1v) is 4.47. The number of benzene rings is 1. The lowest BCUT2D eigenvalue weighted by Gasteiger charge is -2.05. The highest BCUT2D eigenvalue weighted by molar-refractivity contribution is 6.31. The Labute approximate surface area is 82.9 Å². The minimum atomic E-state index is 0.0718. The molecule has 3 heteroatoms. The predicted octanol–water partition coefficient (Wildman–Crippen LogP) is 2.05. The molecule has 0 bridgehead atoms. The van der Waals surface area contributed by atoms with Crippen LogP contribution in [0.3, 0.4) is 0 Å². The zero-order chi connectivity index (χ0) is 9.84. The average Bonchev–Trinajstić information content (AvgIpc) is 2.10. The van der Waals surface area contributed by atoms with Crippen molar-refractivity contribution in [1.29, 1.82) is 0 Å². The van der Waals surface area contributed by atoms with E-state index in [0.29, 0.717) is 17.1 Å². The van der Waals surface area contributed by atoms with Crippen LogP contribution in [0.1, 0.15) is 15.9 Å². The van der Waals surface area contributed by atoms with Gasteiger partial charge in [-0.05, 0) is 25.6 Å². The van der Waals surface area contributed by atoms with Crippen LogP contribution in [0.2, 0.25) is 5.02 Å². The molecule has 0 saturated heterocycles. The summed E-state index contributed by atoms with van der Waals surface area (Å²) in [5.41, 5.74) is 1.55. The number of carbonyl (C=O) groups is 1. The molecular formula is C10H12ClNO. The highest BCUT2D eigenvalue weighted by atomic mass is 35.5. The second kappa shape index (κ2) is 4.40. The van der Waals surface area contributed by atoms with E-state index in [1.165, 1.54) is 0 Å². The van der Waals surface area contributed by atoms with Gasteiger partial charge in [-0.15, -0.1) is 0 Å². The second-order valence-corrected chi connectivity index (χ2v) is 3.27. The molecular weight excluding hydrogens is 186 g/mol. The van der Waals surface area contributed by atoms with Crippen LogP contribution >= 0.6 is 11.6 Å². The van der Waals surface area contributed by atoms with Crippen molar-refractivity contribution in [3.63, 3.8) is 0 Å². The first-order chi connectivity index (χ1) is 6.16. The number of halogens is 1. The van der Waals surface area contributed by atoms with E-state index < -0.39 is 0 Å². The Kier molecular flexibility index (Phi) is 3.46. The third kappa shape index (κ3) is 2.29. The third-order valence-corrected chi connectivity index (χ3v) is 2.31. The number of likely N-dealkylation sites (N-methyl/N-ethyl adjacent to an activating group) is 1. The van der Waals surface area contributed by atoms with Gasteiger partial charge in [-0.3, -0.25) is 4.79 Å². The first kappa shape index (κ1) is 10.2. The Morgan fingerprint density at radius 2 is 2.23 bits per heavy atom. The highest BCUT2D eigenvalue weighted by Crippen LogP contribution is 2.18. The monoisotopic (exact) mass is 197 g/mol.